The molecule has 164 valence electrons. The molecule has 0 amide bonds. The van der Waals surface area contributed by atoms with E-state index in [4.69, 9.17) is 14.2 Å². The first kappa shape index (κ1) is 19.5. The molecule has 5 heteroatoms. The summed E-state index contributed by atoms with van der Waals surface area (Å²) in [5, 5.41) is 12.5. The van der Waals surface area contributed by atoms with Gasteiger partial charge >= 0.3 is 0 Å². The predicted molar refractivity (Wildman–Crippen MR) is 114 cm³/mol. The maximum absolute atomic E-state index is 12.5. The molecule has 1 N–H and O–H groups in total. The zero-order valence-corrected chi connectivity index (χ0v) is 18.4. The van der Waals surface area contributed by atoms with Gasteiger partial charge in [-0.1, -0.05) is 18.6 Å². The van der Waals surface area contributed by atoms with E-state index >= 15 is 0 Å². The van der Waals surface area contributed by atoms with Crippen LogP contribution in [-0.4, -0.2) is 67.3 Å². The van der Waals surface area contributed by atoms with Crippen molar-refractivity contribution in [1.29, 1.82) is 0 Å². The number of benzene rings is 1. The monoisotopic (exact) mass is 413 g/mol. The number of likely N-dealkylation sites (tertiary alicyclic amines) is 1. The van der Waals surface area contributed by atoms with Crippen LogP contribution < -0.4 is 4.74 Å². The van der Waals surface area contributed by atoms with Gasteiger partial charge in [0.1, 0.15) is 11.9 Å². The maximum Gasteiger partial charge on any atom is 0.137 e. The smallest absolute Gasteiger partial charge is 0.137 e. The standard InChI is InChI=1S/C25H35NO4/c1-16-6-7-18-14-20-25(27)9-8-19(29-13-12-28-2)23-24(25,21(18)22(16)30-23)10-11-26(20)15-17-4-3-5-17/h6-7,17,19-20,23,27H,3-5,8-15H2,1-2H3/t19-,20+,23-,24-,25+/m0/s1. The molecule has 2 heterocycles. The highest BCUT2D eigenvalue weighted by Gasteiger charge is 2.73. The van der Waals surface area contributed by atoms with Crippen LogP contribution in [0.5, 0.6) is 5.75 Å². The van der Waals surface area contributed by atoms with E-state index in [9.17, 15) is 5.11 Å². The van der Waals surface area contributed by atoms with Crippen LogP contribution in [-0.2, 0) is 21.3 Å². The first-order valence-corrected chi connectivity index (χ1v) is 11.9. The van der Waals surface area contributed by atoms with Gasteiger partial charge in [0.2, 0.25) is 0 Å². The van der Waals surface area contributed by atoms with Crippen LogP contribution in [0.3, 0.4) is 0 Å². The number of hydrogen-bond donors (Lipinski definition) is 1. The fourth-order valence-electron chi connectivity index (χ4n) is 7.41. The molecule has 0 unspecified atom stereocenters. The Kier molecular flexibility index (Phi) is 4.51. The lowest BCUT2D eigenvalue weighted by atomic mass is 9.48. The van der Waals surface area contributed by atoms with E-state index in [1.165, 1.54) is 36.0 Å². The molecule has 2 aliphatic heterocycles. The average molecular weight is 414 g/mol. The van der Waals surface area contributed by atoms with Crippen molar-refractivity contribution in [2.24, 2.45) is 5.92 Å². The van der Waals surface area contributed by atoms with E-state index in [1.54, 1.807) is 7.11 Å². The summed E-state index contributed by atoms with van der Waals surface area (Å²) in [5.41, 5.74) is 2.83. The first-order valence-electron chi connectivity index (χ1n) is 11.9. The second-order valence-electron chi connectivity index (χ2n) is 10.4. The quantitative estimate of drug-likeness (QED) is 0.727. The Morgan fingerprint density at radius 3 is 2.83 bits per heavy atom. The molecule has 0 radical (unpaired) electrons. The number of nitrogens with zero attached hydrogens (tertiary/aromatic N) is 1. The molecule has 5 aliphatic rings. The van der Waals surface area contributed by atoms with Crippen molar-refractivity contribution >= 4 is 0 Å². The molecule has 1 saturated heterocycles. The minimum absolute atomic E-state index is 0.0111. The summed E-state index contributed by atoms with van der Waals surface area (Å²) in [4.78, 5) is 2.64. The number of rotatable bonds is 6. The molecule has 0 aromatic heterocycles. The zero-order valence-electron chi connectivity index (χ0n) is 18.4. The second-order valence-corrected chi connectivity index (χ2v) is 10.4. The third kappa shape index (κ3) is 2.44. The largest absolute Gasteiger partial charge is 0.486 e. The fraction of sp³-hybridized carbons (Fsp3) is 0.760. The Balaban J connectivity index is 1.42. The van der Waals surface area contributed by atoms with Crippen LogP contribution in [0, 0.1) is 12.8 Å². The minimum Gasteiger partial charge on any atom is -0.486 e. The second kappa shape index (κ2) is 6.93. The topological polar surface area (TPSA) is 51.2 Å². The molecule has 5 nitrogen and oxygen atoms in total. The number of aliphatic hydroxyl groups is 1. The van der Waals surface area contributed by atoms with Gasteiger partial charge in [-0.2, -0.15) is 0 Å². The Morgan fingerprint density at radius 1 is 1.20 bits per heavy atom. The summed E-state index contributed by atoms with van der Waals surface area (Å²) in [6.45, 7) is 5.52. The maximum atomic E-state index is 12.5. The van der Waals surface area contributed by atoms with Crippen LogP contribution >= 0.6 is 0 Å². The van der Waals surface area contributed by atoms with E-state index in [0.717, 1.165) is 50.4 Å². The van der Waals surface area contributed by atoms with Crippen molar-refractivity contribution in [1.82, 2.24) is 4.90 Å². The lowest BCUT2D eigenvalue weighted by Crippen LogP contribution is -2.77. The van der Waals surface area contributed by atoms with Crippen molar-refractivity contribution in [3.8, 4) is 5.75 Å². The van der Waals surface area contributed by atoms with Crippen LogP contribution in [0.4, 0.5) is 0 Å². The van der Waals surface area contributed by atoms with Gasteiger partial charge in [0.25, 0.3) is 0 Å². The summed E-state index contributed by atoms with van der Waals surface area (Å²) >= 11 is 0. The van der Waals surface area contributed by atoms with Gasteiger partial charge in [0, 0.05) is 25.3 Å². The number of piperidine rings is 1. The van der Waals surface area contributed by atoms with Crippen molar-refractivity contribution in [3.05, 3.63) is 28.8 Å². The van der Waals surface area contributed by atoms with Crippen molar-refractivity contribution in [2.45, 2.75) is 81.1 Å². The fourth-order valence-corrected chi connectivity index (χ4v) is 7.41. The Bertz CT molecular complexity index is 839. The Hall–Kier alpha value is -1.14. The van der Waals surface area contributed by atoms with E-state index in [1.807, 2.05) is 0 Å². The summed E-state index contributed by atoms with van der Waals surface area (Å²) in [6, 6.07) is 4.70. The van der Waals surface area contributed by atoms with Gasteiger partial charge in [-0.15, -0.1) is 0 Å². The number of ether oxygens (including phenoxy) is 3. The Morgan fingerprint density at radius 2 is 2.07 bits per heavy atom. The van der Waals surface area contributed by atoms with E-state index in [0.29, 0.717) is 13.2 Å². The van der Waals surface area contributed by atoms with Crippen LogP contribution in [0.25, 0.3) is 0 Å². The van der Waals surface area contributed by atoms with Crippen molar-refractivity contribution in [3.63, 3.8) is 0 Å². The molecule has 2 saturated carbocycles. The minimum atomic E-state index is -0.729. The third-order valence-electron chi connectivity index (χ3n) is 9.07. The van der Waals surface area contributed by atoms with Gasteiger partial charge in [-0.25, -0.2) is 0 Å². The summed E-state index contributed by atoms with van der Waals surface area (Å²) in [6.07, 6.45) is 7.55. The lowest BCUT2D eigenvalue weighted by Gasteiger charge is -2.64. The van der Waals surface area contributed by atoms with Crippen LogP contribution in [0.15, 0.2) is 12.1 Å². The van der Waals surface area contributed by atoms with Crippen LogP contribution in [0.2, 0.25) is 0 Å². The van der Waals surface area contributed by atoms with Crippen molar-refractivity contribution in [2.75, 3.05) is 33.4 Å². The summed E-state index contributed by atoms with van der Waals surface area (Å²) in [5.74, 6) is 1.85. The Labute approximate surface area is 179 Å². The molecule has 1 aromatic rings. The van der Waals surface area contributed by atoms with Gasteiger partial charge in [0.15, 0.2) is 0 Å². The van der Waals surface area contributed by atoms with E-state index < -0.39 is 5.60 Å². The third-order valence-corrected chi connectivity index (χ3v) is 9.07. The van der Waals surface area contributed by atoms with E-state index in [-0.39, 0.29) is 23.7 Å². The average Bonchev–Trinajstić information content (AvgIpc) is 3.05. The lowest BCUT2D eigenvalue weighted by molar-refractivity contribution is -0.217. The molecular weight excluding hydrogens is 378 g/mol. The first-order chi connectivity index (χ1) is 14.6. The molecule has 30 heavy (non-hydrogen) atoms. The molecule has 6 rings (SSSR count). The SMILES string of the molecule is COCCO[C@H]1CC[C@@]2(O)[C@H]3Cc4ccc(C)c5c4[C@@]2(CCN3CC2CCC2)[C@H]1O5. The molecule has 3 fully saturated rings. The zero-order chi connectivity index (χ0) is 20.5. The highest BCUT2D eigenvalue weighted by Crippen LogP contribution is 2.64. The number of hydrogen-bond acceptors (Lipinski definition) is 5. The molecular formula is C25H35NO4. The molecule has 5 atom stereocenters. The summed E-state index contributed by atoms with van der Waals surface area (Å²) < 4.78 is 18.2. The van der Waals surface area contributed by atoms with Crippen molar-refractivity contribution < 1.29 is 19.3 Å². The van der Waals surface area contributed by atoms with Gasteiger partial charge in [-0.05, 0) is 69.0 Å². The predicted octanol–water partition coefficient (Wildman–Crippen LogP) is 2.98. The summed E-state index contributed by atoms with van der Waals surface area (Å²) in [7, 11) is 1.71. The van der Waals surface area contributed by atoms with Crippen LogP contribution in [0.1, 0.15) is 55.2 Å². The normalized spacial score (nSPS) is 39.4. The van der Waals surface area contributed by atoms with Gasteiger partial charge < -0.3 is 19.3 Å². The number of methoxy groups -OCH3 is 1. The number of aryl methyl sites for hydroxylation is 1. The van der Waals surface area contributed by atoms with Gasteiger partial charge in [0.05, 0.1) is 30.3 Å². The molecule has 1 aromatic carbocycles. The van der Waals surface area contributed by atoms with Gasteiger partial charge in [-0.3, -0.25) is 4.90 Å². The van der Waals surface area contributed by atoms with E-state index in [2.05, 4.69) is 24.0 Å². The highest BCUT2D eigenvalue weighted by molar-refractivity contribution is 5.60. The molecule has 1 spiro atoms. The molecule has 2 bridgehead atoms. The molecule has 3 aliphatic carbocycles. The highest BCUT2D eigenvalue weighted by atomic mass is 16.6.